The van der Waals surface area contributed by atoms with Gasteiger partial charge in [0.25, 0.3) is 0 Å². The predicted molar refractivity (Wildman–Crippen MR) is 109 cm³/mol. The molecule has 0 saturated carbocycles. The lowest BCUT2D eigenvalue weighted by Crippen LogP contribution is -2.21. The highest BCUT2D eigenvalue weighted by molar-refractivity contribution is 8.00. The van der Waals surface area contributed by atoms with Crippen LogP contribution in [0.4, 0.5) is 28.8 Å². The summed E-state index contributed by atoms with van der Waals surface area (Å²) in [5.74, 6) is 0. The molecular weight excluding hydrogens is 429 g/mol. The van der Waals surface area contributed by atoms with Gasteiger partial charge in [-0.05, 0) is 30.5 Å². The molecule has 2 aromatic heterocycles. The highest BCUT2D eigenvalue weighted by Crippen LogP contribution is 2.38. The summed E-state index contributed by atoms with van der Waals surface area (Å²) >= 11 is 4.34. The van der Waals surface area contributed by atoms with Gasteiger partial charge in [0.2, 0.25) is 0 Å². The number of nitrogens with zero attached hydrogens (tertiary/aromatic N) is 2. The molecule has 2 heterocycles. The molecule has 0 aliphatic heterocycles. The van der Waals surface area contributed by atoms with Crippen molar-refractivity contribution in [3.05, 3.63) is 42.0 Å². The van der Waals surface area contributed by atoms with Crippen molar-refractivity contribution in [2.75, 3.05) is 16.9 Å². The molecule has 2 aromatic carbocycles. The molecule has 2 N–H and O–H groups in total. The van der Waals surface area contributed by atoms with E-state index >= 15 is 0 Å². The minimum absolute atomic E-state index is 0.295. The summed E-state index contributed by atoms with van der Waals surface area (Å²) in [6.07, 6.45) is -2.62. The zero-order chi connectivity index (χ0) is 19.9. The van der Waals surface area contributed by atoms with Crippen LogP contribution in [0.1, 0.15) is 5.56 Å². The number of hydrogen-bond donors (Lipinski definition) is 2. The average molecular weight is 440 g/mol. The number of halogens is 3. The van der Waals surface area contributed by atoms with Crippen LogP contribution in [-0.2, 0) is 6.18 Å². The van der Waals surface area contributed by atoms with Gasteiger partial charge >= 0.3 is 12.2 Å². The van der Waals surface area contributed by atoms with Gasteiger partial charge in [-0.15, -0.1) is 11.3 Å². The largest absolute Gasteiger partial charge is 0.418 e. The third-order valence-electron chi connectivity index (χ3n) is 3.77. The number of hydrogen-bond acceptors (Lipinski definition) is 6. The van der Waals surface area contributed by atoms with E-state index in [4.69, 9.17) is 0 Å². The first-order chi connectivity index (χ1) is 13.3. The van der Waals surface area contributed by atoms with Crippen LogP contribution in [0.25, 0.3) is 20.4 Å². The molecule has 4 rings (SSSR count). The van der Waals surface area contributed by atoms with E-state index in [1.807, 2.05) is 12.3 Å². The molecule has 0 saturated heterocycles. The second-order valence-electron chi connectivity index (χ2n) is 5.59. The van der Waals surface area contributed by atoms with Gasteiger partial charge in [0.15, 0.2) is 9.47 Å². The van der Waals surface area contributed by atoms with Gasteiger partial charge in [-0.3, -0.25) is 5.32 Å². The van der Waals surface area contributed by atoms with Gasteiger partial charge in [-0.1, -0.05) is 35.2 Å². The summed E-state index contributed by atoms with van der Waals surface area (Å²) in [7, 11) is 0. The van der Waals surface area contributed by atoms with E-state index in [-0.39, 0.29) is 5.69 Å². The van der Waals surface area contributed by atoms with Crippen molar-refractivity contribution in [3.63, 3.8) is 0 Å². The molecule has 0 spiro atoms. The number of aromatic nitrogens is 2. The maximum absolute atomic E-state index is 13.1. The molecule has 5 nitrogen and oxygen atoms in total. The molecule has 0 atom stereocenters. The molecule has 0 radical (unpaired) electrons. The van der Waals surface area contributed by atoms with E-state index in [2.05, 4.69) is 20.6 Å². The number of fused-ring (bicyclic) bond motifs is 3. The standard InChI is InChI=1S/C17H11F3N4OS3/c1-26-16-23-11-7-6-10-12(13(11)28-16)27-15(22-10)24-14(25)21-9-5-3-2-4-8(9)17(18,19)20/h2-7H,1H3,(H2,21,22,24,25). The fourth-order valence-corrected chi connectivity index (χ4v) is 5.24. The number of urea groups is 1. The first-order valence-electron chi connectivity index (χ1n) is 7.83. The number of carbonyl (C=O) groups is 1. The smallest absolute Gasteiger partial charge is 0.307 e. The van der Waals surface area contributed by atoms with E-state index in [0.29, 0.717) is 10.6 Å². The summed E-state index contributed by atoms with van der Waals surface area (Å²) < 4.78 is 41.9. The van der Waals surface area contributed by atoms with Crippen LogP contribution >= 0.6 is 34.4 Å². The van der Waals surface area contributed by atoms with Crippen molar-refractivity contribution < 1.29 is 18.0 Å². The van der Waals surface area contributed by atoms with Gasteiger partial charge < -0.3 is 5.32 Å². The molecule has 0 fully saturated rings. The number of benzene rings is 2. The third kappa shape index (κ3) is 3.64. The highest BCUT2D eigenvalue weighted by atomic mass is 32.2. The summed E-state index contributed by atoms with van der Waals surface area (Å²) in [5, 5.41) is 5.05. The summed E-state index contributed by atoms with van der Waals surface area (Å²) in [6.45, 7) is 0. The second kappa shape index (κ2) is 7.22. The van der Waals surface area contributed by atoms with E-state index in [1.165, 1.54) is 40.9 Å². The quantitative estimate of drug-likeness (QED) is 0.367. The molecule has 0 unspecified atom stereocenters. The van der Waals surface area contributed by atoms with Crippen LogP contribution in [0.2, 0.25) is 0 Å². The number of nitrogens with one attached hydrogen (secondary N) is 2. The van der Waals surface area contributed by atoms with Crippen LogP contribution in [0.15, 0.2) is 40.7 Å². The van der Waals surface area contributed by atoms with Crippen molar-refractivity contribution in [2.45, 2.75) is 10.5 Å². The van der Waals surface area contributed by atoms with Gasteiger partial charge in [-0.2, -0.15) is 13.2 Å². The van der Waals surface area contributed by atoms with Crippen LogP contribution in [0.5, 0.6) is 0 Å². The van der Waals surface area contributed by atoms with Crippen molar-refractivity contribution in [3.8, 4) is 0 Å². The zero-order valence-corrected chi connectivity index (χ0v) is 16.6. The molecule has 28 heavy (non-hydrogen) atoms. The number of para-hydroxylation sites is 1. The van der Waals surface area contributed by atoms with Gasteiger partial charge in [0, 0.05) is 0 Å². The SMILES string of the molecule is CSc1nc2ccc3nc(NC(=O)Nc4ccccc4C(F)(F)F)sc3c2s1. The number of rotatable bonds is 3. The minimum atomic E-state index is -4.56. The number of anilines is 2. The molecule has 144 valence electrons. The number of alkyl halides is 3. The van der Waals surface area contributed by atoms with E-state index in [0.717, 1.165) is 25.3 Å². The fourth-order valence-electron chi connectivity index (χ4n) is 2.58. The molecule has 4 aromatic rings. The average Bonchev–Trinajstić information content (AvgIpc) is 3.23. The Morgan fingerprint density at radius 1 is 1.00 bits per heavy atom. The highest BCUT2D eigenvalue weighted by Gasteiger charge is 2.33. The number of thioether (sulfide) groups is 1. The Kier molecular flexibility index (Phi) is 4.89. The monoisotopic (exact) mass is 440 g/mol. The summed E-state index contributed by atoms with van der Waals surface area (Å²) in [4.78, 5) is 21.1. The fraction of sp³-hybridized carbons (Fsp3) is 0.118. The van der Waals surface area contributed by atoms with Gasteiger partial charge in [-0.25, -0.2) is 14.8 Å². The number of thiazole rings is 2. The minimum Gasteiger partial charge on any atom is -0.307 e. The first-order valence-corrected chi connectivity index (χ1v) is 10.7. The topological polar surface area (TPSA) is 66.9 Å². The van der Waals surface area contributed by atoms with Gasteiger partial charge in [0.1, 0.15) is 0 Å². The number of amides is 2. The lowest BCUT2D eigenvalue weighted by atomic mass is 10.1. The molecule has 11 heteroatoms. The second-order valence-corrected chi connectivity index (χ2v) is 8.64. The van der Waals surface area contributed by atoms with Crippen molar-refractivity contribution >= 4 is 71.7 Å². The maximum atomic E-state index is 13.1. The Morgan fingerprint density at radius 3 is 2.39 bits per heavy atom. The van der Waals surface area contributed by atoms with Crippen LogP contribution in [-0.4, -0.2) is 22.3 Å². The van der Waals surface area contributed by atoms with E-state index in [9.17, 15) is 18.0 Å². The molecule has 0 aliphatic rings. The van der Waals surface area contributed by atoms with Crippen molar-refractivity contribution in [1.29, 1.82) is 0 Å². The van der Waals surface area contributed by atoms with Crippen molar-refractivity contribution in [1.82, 2.24) is 9.97 Å². The lowest BCUT2D eigenvalue weighted by Gasteiger charge is -2.13. The lowest BCUT2D eigenvalue weighted by molar-refractivity contribution is -0.136. The van der Waals surface area contributed by atoms with Gasteiger partial charge in [0.05, 0.1) is 31.7 Å². The van der Waals surface area contributed by atoms with Crippen LogP contribution < -0.4 is 10.6 Å². The van der Waals surface area contributed by atoms with Crippen molar-refractivity contribution in [2.24, 2.45) is 0 Å². The van der Waals surface area contributed by atoms with E-state index in [1.54, 1.807) is 17.8 Å². The normalized spacial score (nSPS) is 11.9. The Morgan fingerprint density at radius 2 is 1.68 bits per heavy atom. The number of carbonyl (C=O) groups excluding carboxylic acids is 1. The van der Waals surface area contributed by atoms with Crippen LogP contribution in [0.3, 0.4) is 0 Å². The maximum Gasteiger partial charge on any atom is 0.418 e. The Balaban J connectivity index is 1.59. The molecule has 0 bridgehead atoms. The van der Waals surface area contributed by atoms with E-state index < -0.39 is 17.8 Å². The Hall–Kier alpha value is -2.37. The Labute approximate surface area is 169 Å². The summed E-state index contributed by atoms with van der Waals surface area (Å²) in [6, 6.07) is 7.68. The molecular formula is C17H11F3N4OS3. The predicted octanol–water partition coefficient (Wildman–Crippen LogP) is 6.29. The first kappa shape index (κ1) is 19.0. The Bertz CT molecular complexity index is 1190. The third-order valence-corrected chi connectivity index (χ3v) is 6.98. The molecule has 2 amide bonds. The van der Waals surface area contributed by atoms with Crippen LogP contribution in [0, 0.1) is 0 Å². The molecule has 0 aliphatic carbocycles. The zero-order valence-electron chi connectivity index (χ0n) is 14.1. The summed E-state index contributed by atoms with van der Waals surface area (Å²) in [5.41, 5.74) is 0.314.